The molecule has 1 aromatic carbocycles. The Bertz CT molecular complexity index is 832. The first kappa shape index (κ1) is 15.5. The second-order valence-electron chi connectivity index (χ2n) is 6.66. The highest BCUT2D eigenvalue weighted by Crippen LogP contribution is 2.27. The summed E-state index contributed by atoms with van der Waals surface area (Å²) in [4.78, 5) is 4.72. The molecule has 4 nitrogen and oxygen atoms in total. The van der Waals surface area contributed by atoms with E-state index in [1.54, 1.807) is 0 Å². The predicted molar refractivity (Wildman–Crippen MR) is 94.2 cm³/mol. The van der Waals surface area contributed by atoms with E-state index >= 15 is 0 Å². The van der Waals surface area contributed by atoms with Crippen LogP contribution in [0.4, 0.5) is 5.82 Å². The number of anilines is 1. The lowest BCUT2D eigenvalue weighted by molar-refractivity contribution is -0.690. The van der Waals surface area contributed by atoms with Crippen LogP contribution in [0.3, 0.4) is 0 Å². The van der Waals surface area contributed by atoms with Gasteiger partial charge in [-0.05, 0) is 30.9 Å². The van der Waals surface area contributed by atoms with Gasteiger partial charge in [0.25, 0.3) is 0 Å². The summed E-state index contributed by atoms with van der Waals surface area (Å²) in [6.45, 7) is 10.4. The van der Waals surface area contributed by atoms with Crippen molar-refractivity contribution in [3.05, 3.63) is 53.5 Å². The average molecular weight is 309 g/mol. The van der Waals surface area contributed by atoms with Crippen LogP contribution in [0.5, 0.6) is 0 Å². The van der Waals surface area contributed by atoms with Crippen LogP contribution >= 0.6 is 0 Å². The van der Waals surface area contributed by atoms with Gasteiger partial charge in [-0.1, -0.05) is 49.2 Å². The van der Waals surface area contributed by atoms with Crippen LogP contribution in [0.1, 0.15) is 30.7 Å². The Balaban J connectivity index is 2.13. The second-order valence-corrected chi connectivity index (χ2v) is 6.66. The summed E-state index contributed by atoms with van der Waals surface area (Å²) >= 11 is 0. The second kappa shape index (κ2) is 6.03. The minimum Gasteiger partial charge on any atom is -0.318 e. The van der Waals surface area contributed by atoms with E-state index in [9.17, 15) is 0 Å². The molecule has 3 rings (SSSR count). The fourth-order valence-corrected chi connectivity index (χ4v) is 3.11. The van der Waals surface area contributed by atoms with E-state index in [2.05, 4.69) is 61.1 Å². The lowest BCUT2D eigenvalue weighted by Crippen LogP contribution is -2.40. The predicted octanol–water partition coefficient (Wildman–Crippen LogP) is 3.23. The van der Waals surface area contributed by atoms with Gasteiger partial charge in [0.15, 0.2) is 0 Å². The van der Waals surface area contributed by atoms with Crippen LogP contribution in [-0.4, -0.2) is 9.55 Å². The van der Waals surface area contributed by atoms with Gasteiger partial charge in [-0.15, -0.1) is 0 Å². The van der Waals surface area contributed by atoms with Gasteiger partial charge in [-0.3, -0.25) is 0 Å². The smallest absolute Gasteiger partial charge is 0.232 e. The third-order valence-corrected chi connectivity index (χ3v) is 4.43. The molecular weight excluding hydrogens is 284 g/mol. The SMILES string of the molecule is Cc1c(C)n(Cc2ccccc2)c2nc[n+](CC(C)C)c(N)c12. The van der Waals surface area contributed by atoms with E-state index in [-0.39, 0.29) is 0 Å². The number of fused-ring (bicyclic) bond motifs is 1. The molecule has 0 aliphatic carbocycles. The maximum atomic E-state index is 6.45. The molecule has 3 aromatic rings. The van der Waals surface area contributed by atoms with Crippen LogP contribution < -0.4 is 10.3 Å². The van der Waals surface area contributed by atoms with Gasteiger partial charge in [0.05, 0.1) is 13.1 Å². The molecule has 2 heterocycles. The zero-order valence-corrected chi connectivity index (χ0v) is 14.4. The first-order valence-electron chi connectivity index (χ1n) is 8.16. The van der Waals surface area contributed by atoms with E-state index in [1.165, 1.54) is 16.8 Å². The van der Waals surface area contributed by atoms with Crippen LogP contribution in [0.2, 0.25) is 0 Å². The Morgan fingerprint density at radius 2 is 1.87 bits per heavy atom. The molecule has 2 aromatic heterocycles. The average Bonchev–Trinajstić information content (AvgIpc) is 2.76. The fourth-order valence-electron chi connectivity index (χ4n) is 3.11. The fraction of sp³-hybridized carbons (Fsp3) is 0.368. The van der Waals surface area contributed by atoms with Gasteiger partial charge in [0.2, 0.25) is 17.8 Å². The first-order chi connectivity index (χ1) is 11.0. The largest absolute Gasteiger partial charge is 0.318 e. The molecule has 0 aliphatic rings. The number of hydrogen-bond donors (Lipinski definition) is 1. The number of aromatic nitrogens is 3. The molecule has 0 aliphatic heterocycles. The molecule has 120 valence electrons. The molecular formula is C19H25N4+. The molecule has 23 heavy (non-hydrogen) atoms. The third kappa shape index (κ3) is 2.81. The normalized spacial score (nSPS) is 11.5. The Morgan fingerprint density at radius 3 is 2.52 bits per heavy atom. The van der Waals surface area contributed by atoms with Gasteiger partial charge in [-0.2, -0.15) is 0 Å². The van der Waals surface area contributed by atoms with Crippen LogP contribution in [0.15, 0.2) is 36.7 Å². The van der Waals surface area contributed by atoms with Crippen molar-refractivity contribution in [1.82, 2.24) is 9.55 Å². The summed E-state index contributed by atoms with van der Waals surface area (Å²) in [7, 11) is 0. The van der Waals surface area contributed by atoms with E-state index in [1.807, 2.05) is 12.4 Å². The van der Waals surface area contributed by atoms with Crippen molar-refractivity contribution in [1.29, 1.82) is 0 Å². The number of nitrogen functional groups attached to an aromatic ring is 1. The highest BCUT2D eigenvalue weighted by molar-refractivity contribution is 5.89. The summed E-state index contributed by atoms with van der Waals surface area (Å²) in [5.41, 5.74) is 11.1. The molecule has 0 amide bonds. The third-order valence-electron chi connectivity index (χ3n) is 4.43. The zero-order valence-electron chi connectivity index (χ0n) is 14.4. The highest BCUT2D eigenvalue weighted by Gasteiger charge is 2.21. The van der Waals surface area contributed by atoms with E-state index in [4.69, 9.17) is 10.7 Å². The lowest BCUT2D eigenvalue weighted by Gasteiger charge is -2.08. The van der Waals surface area contributed by atoms with E-state index in [0.717, 1.165) is 29.9 Å². The van der Waals surface area contributed by atoms with Crippen LogP contribution in [0.25, 0.3) is 11.0 Å². The molecule has 0 bridgehead atoms. The van der Waals surface area contributed by atoms with Gasteiger partial charge < -0.3 is 10.3 Å². The van der Waals surface area contributed by atoms with Crippen molar-refractivity contribution in [3.8, 4) is 0 Å². The summed E-state index contributed by atoms with van der Waals surface area (Å²) in [5, 5.41) is 1.08. The Kier molecular flexibility index (Phi) is 4.07. The van der Waals surface area contributed by atoms with Crippen LogP contribution in [0, 0.1) is 19.8 Å². The van der Waals surface area contributed by atoms with Gasteiger partial charge in [-0.25, -0.2) is 4.57 Å². The minimum absolute atomic E-state index is 0.536. The number of aryl methyl sites for hydroxylation is 1. The molecule has 0 unspecified atom stereocenters. The van der Waals surface area contributed by atoms with Crippen molar-refractivity contribution >= 4 is 16.9 Å². The molecule has 0 radical (unpaired) electrons. The number of nitrogens with two attached hydrogens (primary N) is 1. The quantitative estimate of drug-likeness (QED) is 0.752. The standard InChI is InChI=1S/C19H24N4/c1-13(2)10-22-12-21-19-17(18(22)20)14(3)15(4)23(19)11-16-8-6-5-7-9-16/h5-9,12-13,20H,10-11H2,1-4H3/p+1. The molecule has 2 N–H and O–H groups in total. The van der Waals surface area contributed by atoms with Crippen molar-refractivity contribution < 1.29 is 4.57 Å². The molecule has 0 saturated carbocycles. The maximum absolute atomic E-state index is 6.45. The number of hydrogen-bond acceptors (Lipinski definition) is 2. The minimum atomic E-state index is 0.536. The van der Waals surface area contributed by atoms with Crippen LogP contribution in [-0.2, 0) is 13.1 Å². The first-order valence-corrected chi connectivity index (χ1v) is 8.16. The number of benzene rings is 1. The van der Waals surface area contributed by atoms with Crippen molar-refractivity contribution in [2.75, 3.05) is 5.73 Å². The summed E-state index contributed by atoms with van der Waals surface area (Å²) in [6, 6.07) is 10.5. The van der Waals surface area contributed by atoms with E-state index in [0.29, 0.717) is 5.92 Å². The lowest BCUT2D eigenvalue weighted by atomic mass is 10.2. The molecule has 0 atom stereocenters. The van der Waals surface area contributed by atoms with Gasteiger partial charge in [0.1, 0.15) is 5.39 Å². The number of nitrogens with zero attached hydrogens (tertiary/aromatic N) is 3. The van der Waals surface area contributed by atoms with Crippen molar-refractivity contribution in [2.24, 2.45) is 5.92 Å². The summed E-state index contributed by atoms with van der Waals surface area (Å²) in [5.74, 6) is 1.35. The molecule has 4 heteroatoms. The molecule has 0 spiro atoms. The molecule has 0 fully saturated rings. The molecule has 0 saturated heterocycles. The topological polar surface area (TPSA) is 47.7 Å². The van der Waals surface area contributed by atoms with Gasteiger partial charge >= 0.3 is 0 Å². The van der Waals surface area contributed by atoms with Crippen molar-refractivity contribution in [2.45, 2.75) is 40.8 Å². The Labute approximate surface area is 137 Å². The van der Waals surface area contributed by atoms with E-state index < -0.39 is 0 Å². The summed E-state index contributed by atoms with van der Waals surface area (Å²) < 4.78 is 4.32. The Morgan fingerprint density at radius 1 is 1.17 bits per heavy atom. The number of rotatable bonds is 4. The summed E-state index contributed by atoms with van der Waals surface area (Å²) in [6.07, 6.45) is 1.87. The van der Waals surface area contributed by atoms with Crippen molar-refractivity contribution in [3.63, 3.8) is 0 Å². The van der Waals surface area contributed by atoms with Gasteiger partial charge in [0, 0.05) is 5.69 Å². The monoisotopic (exact) mass is 309 g/mol. The highest BCUT2D eigenvalue weighted by atomic mass is 15.1. The Hall–Kier alpha value is -2.36. The zero-order chi connectivity index (χ0) is 16.6. The maximum Gasteiger partial charge on any atom is 0.232 e.